The molecule has 1 aliphatic carbocycles. The summed E-state index contributed by atoms with van der Waals surface area (Å²) < 4.78 is 2.61. The Morgan fingerprint density at radius 2 is 1.53 bits per heavy atom. The lowest BCUT2D eigenvalue weighted by molar-refractivity contribution is -0.0114. The predicted molar refractivity (Wildman–Crippen MR) is 143 cm³/mol. The summed E-state index contributed by atoms with van der Waals surface area (Å²) in [6.45, 7) is 2.51. The van der Waals surface area contributed by atoms with Crippen LogP contribution in [0.4, 0.5) is 0 Å². The first kappa shape index (κ1) is 23.1. The maximum Gasteiger partial charge on any atom is 0.0485 e. The number of halogens is 1. The van der Waals surface area contributed by atoms with Gasteiger partial charge in [0, 0.05) is 54.2 Å². The highest BCUT2D eigenvalue weighted by Crippen LogP contribution is 2.48. The zero-order chi connectivity index (χ0) is 22.1. The third-order valence-corrected chi connectivity index (χ3v) is 8.20. The Morgan fingerprint density at radius 3 is 2.24 bits per heavy atom. The summed E-state index contributed by atoms with van der Waals surface area (Å²) in [5, 5.41) is 1.43. The Bertz CT molecular complexity index is 1210. The van der Waals surface area contributed by atoms with Gasteiger partial charge in [-0.25, -0.2) is 0 Å². The van der Waals surface area contributed by atoms with Crippen molar-refractivity contribution in [3.8, 4) is 0 Å². The molecular weight excluding hydrogens is 438 g/mol. The molecule has 176 valence electrons. The first-order valence-corrected chi connectivity index (χ1v) is 12.6. The van der Waals surface area contributed by atoms with Crippen molar-refractivity contribution < 1.29 is 0 Å². The number of fused-ring (bicyclic) bond motifs is 1. The highest BCUT2D eigenvalue weighted by atomic mass is 35.5. The molecule has 3 heterocycles. The van der Waals surface area contributed by atoms with E-state index in [1.165, 1.54) is 72.8 Å². The summed E-state index contributed by atoms with van der Waals surface area (Å²) in [7, 11) is 0. The Balaban J connectivity index is 0.00000241. The van der Waals surface area contributed by atoms with E-state index in [-0.39, 0.29) is 17.9 Å². The lowest BCUT2D eigenvalue weighted by Gasteiger charge is -2.52. The van der Waals surface area contributed by atoms with Crippen LogP contribution in [-0.4, -0.2) is 27.5 Å². The van der Waals surface area contributed by atoms with Crippen LogP contribution >= 0.6 is 12.4 Å². The number of pyridine rings is 1. The SMILES string of the molecule is Cl.c1ccc(C2(N3CCC3)CCC(n3cc(CCc4ccncc4)c4ccccc43)CC2)cc1. The second kappa shape index (κ2) is 9.93. The zero-order valence-electron chi connectivity index (χ0n) is 19.8. The number of aryl methyl sites for hydroxylation is 2. The van der Waals surface area contributed by atoms with Gasteiger partial charge in [0.2, 0.25) is 0 Å². The van der Waals surface area contributed by atoms with Crippen molar-refractivity contribution in [3.05, 3.63) is 102 Å². The highest BCUT2D eigenvalue weighted by Gasteiger charge is 2.44. The summed E-state index contributed by atoms with van der Waals surface area (Å²) in [6.07, 6.45) is 14.7. The van der Waals surface area contributed by atoms with Crippen LogP contribution in [0.1, 0.15) is 54.8 Å². The van der Waals surface area contributed by atoms with Crippen molar-refractivity contribution in [1.29, 1.82) is 0 Å². The number of hydrogen-bond acceptors (Lipinski definition) is 2. The monoisotopic (exact) mass is 471 g/mol. The lowest BCUT2D eigenvalue weighted by Crippen LogP contribution is -2.54. The average Bonchev–Trinajstić information content (AvgIpc) is 3.22. The maximum absolute atomic E-state index is 4.16. The number of para-hydroxylation sites is 1. The van der Waals surface area contributed by atoms with Gasteiger partial charge in [-0.05, 0) is 79.8 Å². The topological polar surface area (TPSA) is 21.1 Å². The smallest absolute Gasteiger partial charge is 0.0485 e. The van der Waals surface area contributed by atoms with E-state index >= 15 is 0 Å². The molecule has 1 saturated carbocycles. The molecule has 34 heavy (non-hydrogen) atoms. The summed E-state index contributed by atoms with van der Waals surface area (Å²) in [4.78, 5) is 6.92. The van der Waals surface area contributed by atoms with Gasteiger partial charge >= 0.3 is 0 Å². The minimum atomic E-state index is 0. The Kier molecular flexibility index (Phi) is 6.76. The molecule has 0 atom stereocenters. The third-order valence-electron chi connectivity index (χ3n) is 8.20. The van der Waals surface area contributed by atoms with Crippen LogP contribution in [0.5, 0.6) is 0 Å². The molecular formula is C30H34ClN3. The number of hydrogen-bond donors (Lipinski definition) is 0. The average molecular weight is 472 g/mol. The van der Waals surface area contributed by atoms with Gasteiger partial charge in [-0.1, -0.05) is 48.5 Å². The molecule has 0 bridgehead atoms. The molecule has 1 saturated heterocycles. The first-order chi connectivity index (χ1) is 16.3. The molecule has 0 spiro atoms. The standard InChI is InChI=1S/C30H33N3.ClH/c1-2-7-26(8-3-1)30(32-21-6-22-32)17-13-27(14-18-30)33-23-25(28-9-4-5-10-29(28)33)12-11-24-15-19-31-20-16-24;/h1-5,7-10,15-16,19-20,23,27H,6,11-14,17-18,21-22H2;1H. The molecule has 6 rings (SSSR count). The van der Waals surface area contributed by atoms with Crippen LogP contribution in [0.15, 0.2) is 85.3 Å². The fourth-order valence-electron chi connectivity index (χ4n) is 6.25. The molecule has 3 nitrogen and oxygen atoms in total. The van der Waals surface area contributed by atoms with Crippen molar-refractivity contribution in [3.63, 3.8) is 0 Å². The molecule has 2 aromatic heterocycles. The van der Waals surface area contributed by atoms with Crippen LogP contribution in [0.3, 0.4) is 0 Å². The molecule has 4 aromatic rings. The summed E-state index contributed by atoms with van der Waals surface area (Å²) in [5.41, 5.74) is 6.01. The van der Waals surface area contributed by atoms with Gasteiger partial charge in [-0.3, -0.25) is 9.88 Å². The second-order valence-corrected chi connectivity index (χ2v) is 9.90. The molecule has 2 aromatic carbocycles. The van der Waals surface area contributed by atoms with E-state index in [1.54, 1.807) is 0 Å². The van der Waals surface area contributed by atoms with Crippen molar-refractivity contribution in [2.24, 2.45) is 0 Å². The van der Waals surface area contributed by atoms with Gasteiger partial charge in [-0.2, -0.15) is 0 Å². The second-order valence-electron chi connectivity index (χ2n) is 9.90. The molecule has 0 N–H and O–H groups in total. The van der Waals surface area contributed by atoms with Gasteiger partial charge < -0.3 is 4.57 Å². The minimum Gasteiger partial charge on any atom is -0.344 e. The van der Waals surface area contributed by atoms with E-state index in [4.69, 9.17) is 0 Å². The Morgan fingerprint density at radius 1 is 0.824 bits per heavy atom. The van der Waals surface area contributed by atoms with Crippen LogP contribution in [0.2, 0.25) is 0 Å². The van der Waals surface area contributed by atoms with Gasteiger partial charge in [0.15, 0.2) is 0 Å². The fourth-order valence-corrected chi connectivity index (χ4v) is 6.25. The highest BCUT2D eigenvalue weighted by molar-refractivity contribution is 5.85. The van der Waals surface area contributed by atoms with Crippen molar-refractivity contribution in [2.75, 3.05) is 13.1 Å². The van der Waals surface area contributed by atoms with Crippen LogP contribution in [0.25, 0.3) is 10.9 Å². The molecule has 0 amide bonds. The van der Waals surface area contributed by atoms with E-state index < -0.39 is 0 Å². The van der Waals surface area contributed by atoms with E-state index in [9.17, 15) is 0 Å². The summed E-state index contributed by atoms with van der Waals surface area (Å²) >= 11 is 0. The number of rotatable bonds is 6. The van der Waals surface area contributed by atoms with E-state index in [0.717, 1.165) is 12.8 Å². The Labute approximate surface area is 209 Å². The zero-order valence-corrected chi connectivity index (χ0v) is 20.6. The lowest BCUT2D eigenvalue weighted by atomic mass is 9.72. The predicted octanol–water partition coefficient (Wildman–Crippen LogP) is 6.96. The van der Waals surface area contributed by atoms with Gasteiger partial charge in [-0.15, -0.1) is 12.4 Å². The maximum atomic E-state index is 4.16. The van der Waals surface area contributed by atoms with Gasteiger partial charge in [0.1, 0.15) is 0 Å². The minimum absolute atomic E-state index is 0. The molecule has 1 aliphatic heterocycles. The normalized spacial score (nSPS) is 22.8. The third kappa shape index (κ3) is 4.16. The summed E-state index contributed by atoms with van der Waals surface area (Å²) in [6, 6.07) is 25.2. The number of likely N-dealkylation sites (tertiary alicyclic amines) is 1. The van der Waals surface area contributed by atoms with E-state index in [0.29, 0.717) is 6.04 Å². The molecule has 4 heteroatoms. The van der Waals surface area contributed by atoms with Gasteiger partial charge in [0.25, 0.3) is 0 Å². The van der Waals surface area contributed by atoms with Crippen molar-refractivity contribution in [1.82, 2.24) is 14.5 Å². The van der Waals surface area contributed by atoms with Crippen LogP contribution < -0.4 is 0 Å². The van der Waals surface area contributed by atoms with E-state index in [1.807, 2.05) is 12.4 Å². The number of benzene rings is 2. The van der Waals surface area contributed by atoms with Crippen molar-refractivity contribution in [2.45, 2.75) is 56.5 Å². The quantitative estimate of drug-likeness (QED) is 0.303. The molecule has 0 unspecified atom stereocenters. The summed E-state index contributed by atoms with van der Waals surface area (Å²) in [5.74, 6) is 0. The van der Waals surface area contributed by atoms with Crippen molar-refractivity contribution >= 4 is 23.3 Å². The number of aromatic nitrogens is 2. The van der Waals surface area contributed by atoms with Crippen LogP contribution in [0, 0.1) is 0 Å². The van der Waals surface area contributed by atoms with Gasteiger partial charge in [0.05, 0.1) is 0 Å². The largest absolute Gasteiger partial charge is 0.344 e. The van der Waals surface area contributed by atoms with E-state index in [2.05, 4.69) is 87.4 Å². The van der Waals surface area contributed by atoms with Crippen LogP contribution in [-0.2, 0) is 18.4 Å². The number of nitrogens with zero attached hydrogens (tertiary/aromatic N) is 3. The molecule has 0 radical (unpaired) electrons. The first-order valence-electron chi connectivity index (χ1n) is 12.6. The fraction of sp³-hybridized carbons (Fsp3) is 0.367. The Hall–Kier alpha value is -2.62. The molecule has 2 fully saturated rings. The molecule has 2 aliphatic rings.